The van der Waals surface area contributed by atoms with Crippen molar-refractivity contribution >= 4 is 15.7 Å². The lowest BCUT2D eigenvalue weighted by atomic mass is 9.89. The minimum atomic E-state index is -3.82. The first-order valence-corrected chi connectivity index (χ1v) is 7.66. The van der Waals surface area contributed by atoms with E-state index in [4.69, 9.17) is 15.5 Å². The lowest BCUT2D eigenvalue weighted by Crippen LogP contribution is -2.24. The maximum atomic E-state index is 11.2. The summed E-state index contributed by atoms with van der Waals surface area (Å²) in [5.74, 6) is 0. The number of aliphatic hydroxyl groups excluding tert-OH is 1. The Hall–Kier alpha value is -1.62. The van der Waals surface area contributed by atoms with Crippen LogP contribution in [0.25, 0.3) is 0 Å². The fourth-order valence-electron chi connectivity index (χ4n) is 1.67. The highest BCUT2D eigenvalue weighted by atomic mass is 32.2. The van der Waals surface area contributed by atoms with Gasteiger partial charge in [-0.1, -0.05) is 13.8 Å². The van der Waals surface area contributed by atoms with Crippen molar-refractivity contribution in [3.05, 3.63) is 23.8 Å². The zero-order chi connectivity index (χ0) is 15.4. The number of nitrogens with zero attached hydrogens (tertiary/aromatic N) is 1. The van der Waals surface area contributed by atoms with Gasteiger partial charge in [0.05, 0.1) is 16.1 Å². The SMILES string of the molecule is CC(C)(CCO)CNc1ccc(S(N)(=O)=O)cc1C#N. The second-order valence-electron chi connectivity index (χ2n) is 5.36. The average molecular weight is 297 g/mol. The summed E-state index contributed by atoms with van der Waals surface area (Å²) in [6.07, 6.45) is 0.622. The van der Waals surface area contributed by atoms with E-state index >= 15 is 0 Å². The zero-order valence-corrected chi connectivity index (χ0v) is 12.4. The number of hydrogen-bond acceptors (Lipinski definition) is 5. The first-order chi connectivity index (χ1) is 9.19. The van der Waals surface area contributed by atoms with Gasteiger partial charge in [0.15, 0.2) is 0 Å². The van der Waals surface area contributed by atoms with Crippen molar-refractivity contribution in [2.24, 2.45) is 10.6 Å². The molecular weight excluding hydrogens is 278 g/mol. The molecule has 0 aliphatic rings. The normalized spacial score (nSPS) is 11.9. The number of sulfonamides is 1. The van der Waals surface area contributed by atoms with E-state index in [9.17, 15) is 8.42 Å². The van der Waals surface area contributed by atoms with Gasteiger partial charge in [-0.25, -0.2) is 13.6 Å². The highest BCUT2D eigenvalue weighted by Crippen LogP contribution is 2.24. The van der Waals surface area contributed by atoms with Crippen LogP contribution in [0.3, 0.4) is 0 Å². The minimum Gasteiger partial charge on any atom is -0.396 e. The van der Waals surface area contributed by atoms with Crippen molar-refractivity contribution in [1.82, 2.24) is 0 Å². The second kappa shape index (κ2) is 6.22. The van der Waals surface area contributed by atoms with Gasteiger partial charge in [0.1, 0.15) is 6.07 Å². The zero-order valence-electron chi connectivity index (χ0n) is 11.5. The molecule has 20 heavy (non-hydrogen) atoms. The summed E-state index contributed by atoms with van der Waals surface area (Å²) in [5.41, 5.74) is 0.627. The molecule has 0 aromatic heterocycles. The van der Waals surface area contributed by atoms with Crippen molar-refractivity contribution in [3.8, 4) is 6.07 Å². The number of primary sulfonamides is 1. The quantitative estimate of drug-likeness (QED) is 0.725. The molecule has 0 saturated heterocycles. The number of nitrogens with two attached hydrogens (primary N) is 1. The maximum Gasteiger partial charge on any atom is 0.238 e. The molecule has 0 heterocycles. The van der Waals surface area contributed by atoms with Crippen LogP contribution in [0.15, 0.2) is 23.1 Å². The molecule has 0 bridgehead atoms. The molecule has 0 amide bonds. The van der Waals surface area contributed by atoms with E-state index in [0.717, 1.165) is 0 Å². The van der Waals surface area contributed by atoms with Gasteiger partial charge in [0.25, 0.3) is 0 Å². The average Bonchev–Trinajstić information content (AvgIpc) is 2.35. The number of aliphatic hydroxyl groups is 1. The predicted molar refractivity (Wildman–Crippen MR) is 76.5 cm³/mol. The third-order valence-corrected chi connectivity index (χ3v) is 3.90. The third kappa shape index (κ3) is 4.49. The number of nitrogens with one attached hydrogen (secondary N) is 1. The Balaban J connectivity index is 2.96. The van der Waals surface area contributed by atoms with Crippen molar-refractivity contribution in [2.75, 3.05) is 18.5 Å². The molecule has 1 aromatic rings. The van der Waals surface area contributed by atoms with Gasteiger partial charge in [-0.3, -0.25) is 0 Å². The highest BCUT2D eigenvalue weighted by Gasteiger charge is 2.18. The van der Waals surface area contributed by atoms with Gasteiger partial charge in [-0.2, -0.15) is 5.26 Å². The van der Waals surface area contributed by atoms with Gasteiger partial charge in [0, 0.05) is 13.2 Å². The van der Waals surface area contributed by atoms with E-state index in [1.807, 2.05) is 19.9 Å². The van der Waals surface area contributed by atoms with Crippen molar-refractivity contribution < 1.29 is 13.5 Å². The molecule has 1 aromatic carbocycles. The van der Waals surface area contributed by atoms with Crippen LogP contribution in [0.4, 0.5) is 5.69 Å². The Morgan fingerprint density at radius 1 is 1.45 bits per heavy atom. The molecule has 0 aliphatic carbocycles. The first-order valence-electron chi connectivity index (χ1n) is 6.11. The van der Waals surface area contributed by atoms with E-state index in [2.05, 4.69) is 5.32 Å². The summed E-state index contributed by atoms with van der Waals surface area (Å²) in [6.45, 7) is 4.61. The predicted octanol–water partition coefficient (Wildman–Crippen LogP) is 1.03. The van der Waals surface area contributed by atoms with E-state index in [1.165, 1.54) is 18.2 Å². The number of nitriles is 1. The van der Waals surface area contributed by atoms with Crippen LogP contribution in [0.2, 0.25) is 0 Å². The molecule has 110 valence electrons. The van der Waals surface area contributed by atoms with Crippen LogP contribution in [0, 0.1) is 16.7 Å². The molecule has 1 rings (SSSR count). The number of benzene rings is 1. The fourth-order valence-corrected chi connectivity index (χ4v) is 2.21. The van der Waals surface area contributed by atoms with Gasteiger partial charge in [-0.05, 0) is 30.0 Å². The van der Waals surface area contributed by atoms with Gasteiger partial charge < -0.3 is 10.4 Å². The van der Waals surface area contributed by atoms with E-state index in [0.29, 0.717) is 18.7 Å². The molecule has 4 N–H and O–H groups in total. The summed E-state index contributed by atoms with van der Waals surface area (Å²) in [7, 11) is -3.82. The highest BCUT2D eigenvalue weighted by molar-refractivity contribution is 7.89. The molecule has 0 fully saturated rings. The largest absolute Gasteiger partial charge is 0.396 e. The van der Waals surface area contributed by atoms with Crippen LogP contribution < -0.4 is 10.5 Å². The lowest BCUT2D eigenvalue weighted by Gasteiger charge is -2.24. The van der Waals surface area contributed by atoms with E-state index < -0.39 is 10.0 Å². The Morgan fingerprint density at radius 2 is 2.10 bits per heavy atom. The summed E-state index contributed by atoms with van der Waals surface area (Å²) in [5, 5.41) is 26.2. The molecule has 0 atom stereocenters. The Kier molecular flexibility index (Phi) is 5.11. The molecular formula is C13H19N3O3S. The maximum absolute atomic E-state index is 11.2. The Morgan fingerprint density at radius 3 is 2.60 bits per heavy atom. The number of hydrogen-bond donors (Lipinski definition) is 3. The van der Waals surface area contributed by atoms with Crippen molar-refractivity contribution in [1.29, 1.82) is 5.26 Å². The van der Waals surface area contributed by atoms with Gasteiger partial charge >= 0.3 is 0 Å². The van der Waals surface area contributed by atoms with Gasteiger partial charge in [-0.15, -0.1) is 0 Å². The molecule has 0 unspecified atom stereocenters. The summed E-state index contributed by atoms with van der Waals surface area (Å²) >= 11 is 0. The second-order valence-corrected chi connectivity index (χ2v) is 6.92. The van der Waals surface area contributed by atoms with Crippen molar-refractivity contribution in [2.45, 2.75) is 25.2 Å². The Labute approximate surface area is 119 Å². The first kappa shape index (κ1) is 16.4. The van der Waals surface area contributed by atoms with Crippen LogP contribution in [0.1, 0.15) is 25.8 Å². The van der Waals surface area contributed by atoms with Crippen LogP contribution >= 0.6 is 0 Å². The molecule has 7 heteroatoms. The summed E-state index contributed by atoms with van der Waals surface area (Å²) in [4.78, 5) is -0.0887. The molecule has 0 spiro atoms. The molecule has 0 saturated carbocycles. The molecule has 6 nitrogen and oxygen atoms in total. The van der Waals surface area contributed by atoms with Gasteiger partial charge in [0.2, 0.25) is 10.0 Å². The monoisotopic (exact) mass is 297 g/mol. The van der Waals surface area contributed by atoms with Crippen LogP contribution in [-0.2, 0) is 10.0 Å². The molecule has 0 radical (unpaired) electrons. The minimum absolute atomic E-state index is 0.0874. The van der Waals surface area contributed by atoms with E-state index in [1.54, 1.807) is 0 Å². The summed E-state index contributed by atoms with van der Waals surface area (Å²) < 4.78 is 22.5. The summed E-state index contributed by atoms with van der Waals surface area (Å²) in [6, 6.07) is 6.07. The smallest absolute Gasteiger partial charge is 0.238 e. The van der Waals surface area contributed by atoms with Crippen molar-refractivity contribution in [3.63, 3.8) is 0 Å². The topological polar surface area (TPSA) is 116 Å². The van der Waals surface area contributed by atoms with E-state index in [-0.39, 0.29) is 22.5 Å². The molecule has 0 aliphatic heterocycles. The van der Waals surface area contributed by atoms with Crippen LogP contribution in [-0.4, -0.2) is 26.7 Å². The number of rotatable bonds is 6. The van der Waals surface area contributed by atoms with Crippen LogP contribution in [0.5, 0.6) is 0 Å². The third-order valence-electron chi connectivity index (χ3n) is 2.99. The number of anilines is 1. The lowest BCUT2D eigenvalue weighted by molar-refractivity contribution is 0.220. The standard InChI is InChI=1S/C13H19N3O3S/c1-13(2,5-6-17)9-16-12-4-3-11(20(15,18)19)7-10(12)8-14/h3-4,7,16-17H,5-6,9H2,1-2H3,(H2,15,18,19). The Bertz CT molecular complexity index is 618. The fraction of sp³-hybridized carbons (Fsp3) is 0.462.